The molecular formula is C11H11N3O5S. The number of rotatable bonds is 5. The molecule has 1 amide bonds. The molecule has 0 radical (unpaired) electrons. The Hall–Kier alpha value is -2.26. The van der Waals surface area contributed by atoms with Crippen LogP contribution in [-0.4, -0.2) is 46.1 Å². The second-order valence-electron chi connectivity index (χ2n) is 3.81. The Morgan fingerprint density at radius 3 is 3.00 bits per heavy atom. The number of amides is 1. The van der Waals surface area contributed by atoms with E-state index >= 15 is 0 Å². The van der Waals surface area contributed by atoms with Crippen LogP contribution < -0.4 is 10.9 Å². The van der Waals surface area contributed by atoms with Crippen LogP contribution in [0.2, 0.25) is 0 Å². The molecule has 1 atom stereocenters. The van der Waals surface area contributed by atoms with Crippen molar-refractivity contribution in [1.82, 2.24) is 14.7 Å². The average Bonchev–Trinajstić information content (AvgIpc) is 2.88. The number of hydrogen-bond donors (Lipinski definition) is 2. The van der Waals surface area contributed by atoms with E-state index in [-0.39, 0.29) is 12.1 Å². The van der Waals surface area contributed by atoms with Gasteiger partial charge in [0.15, 0.2) is 11.1 Å². The normalized spacial score (nSPS) is 12.2. The molecular weight excluding hydrogens is 286 g/mol. The van der Waals surface area contributed by atoms with Crippen molar-refractivity contribution in [3.05, 3.63) is 33.7 Å². The van der Waals surface area contributed by atoms with E-state index in [0.29, 0.717) is 4.96 Å². The van der Waals surface area contributed by atoms with Gasteiger partial charge in [-0.05, 0) is 0 Å². The molecule has 0 aromatic carbocycles. The molecule has 9 heteroatoms. The second-order valence-corrected chi connectivity index (χ2v) is 4.68. The minimum atomic E-state index is -1.20. The Morgan fingerprint density at radius 1 is 1.60 bits per heavy atom. The highest BCUT2D eigenvalue weighted by Crippen LogP contribution is 2.05. The summed E-state index contributed by atoms with van der Waals surface area (Å²) in [6.07, 6.45) is 1.52. The first kappa shape index (κ1) is 14.2. The van der Waals surface area contributed by atoms with Crippen LogP contribution >= 0.6 is 11.3 Å². The van der Waals surface area contributed by atoms with Gasteiger partial charge < -0.3 is 15.2 Å². The summed E-state index contributed by atoms with van der Waals surface area (Å²) in [4.78, 5) is 39.1. The molecule has 106 valence electrons. The smallest absolute Gasteiger partial charge is 0.334 e. The Kier molecular flexibility index (Phi) is 4.11. The number of fused-ring (bicyclic) bond motifs is 1. The van der Waals surface area contributed by atoms with Gasteiger partial charge in [-0.2, -0.15) is 0 Å². The number of ether oxygens (including phenoxy) is 1. The van der Waals surface area contributed by atoms with Crippen LogP contribution in [0.1, 0.15) is 10.4 Å². The van der Waals surface area contributed by atoms with Gasteiger partial charge in [0.05, 0.1) is 6.54 Å². The monoisotopic (exact) mass is 297 g/mol. The maximum atomic E-state index is 12.0. The van der Waals surface area contributed by atoms with Gasteiger partial charge in [0, 0.05) is 24.9 Å². The quantitative estimate of drug-likeness (QED) is 0.776. The average molecular weight is 297 g/mol. The highest BCUT2D eigenvalue weighted by molar-refractivity contribution is 7.15. The Balaban J connectivity index is 2.17. The molecule has 0 aliphatic carbocycles. The summed E-state index contributed by atoms with van der Waals surface area (Å²) in [6, 6.07) is 0. The molecule has 1 unspecified atom stereocenters. The molecule has 0 aliphatic rings. The van der Waals surface area contributed by atoms with E-state index < -0.39 is 23.5 Å². The van der Waals surface area contributed by atoms with Crippen molar-refractivity contribution >= 4 is 28.2 Å². The molecule has 2 aromatic rings. The molecule has 0 saturated carbocycles. The fourth-order valence-corrected chi connectivity index (χ4v) is 2.21. The fourth-order valence-electron chi connectivity index (χ4n) is 1.53. The number of nitrogens with zero attached hydrogens (tertiary/aromatic N) is 2. The van der Waals surface area contributed by atoms with Crippen LogP contribution in [0.5, 0.6) is 0 Å². The number of methoxy groups -OCH3 is 1. The lowest BCUT2D eigenvalue weighted by atomic mass is 10.3. The molecule has 2 rings (SSSR count). The fraction of sp³-hybridized carbons (Fsp3) is 0.273. The van der Waals surface area contributed by atoms with Crippen molar-refractivity contribution in [2.45, 2.75) is 6.10 Å². The lowest BCUT2D eigenvalue weighted by molar-refractivity contribution is -0.148. The number of thiazole rings is 1. The third-order valence-corrected chi connectivity index (χ3v) is 3.37. The summed E-state index contributed by atoms with van der Waals surface area (Å²) in [7, 11) is 1.22. The Labute approximate surface area is 116 Å². The molecule has 2 heterocycles. The third kappa shape index (κ3) is 2.68. The zero-order valence-corrected chi connectivity index (χ0v) is 11.2. The van der Waals surface area contributed by atoms with Gasteiger partial charge in [-0.1, -0.05) is 0 Å². The van der Waals surface area contributed by atoms with E-state index in [4.69, 9.17) is 5.11 Å². The van der Waals surface area contributed by atoms with Gasteiger partial charge >= 0.3 is 5.97 Å². The van der Waals surface area contributed by atoms with E-state index in [1.165, 1.54) is 35.2 Å². The zero-order valence-electron chi connectivity index (χ0n) is 10.4. The third-order valence-electron chi connectivity index (χ3n) is 2.60. The topological polar surface area (TPSA) is 110 Å². The summed E-state index contributed by atoms with van der Waals surface area (Å²) in [5, 5.41) is 12.8. The van der Waals surface area contributed by atoms with Crippen LogP contribution in [-0.2, 0) is 9.53 Å². The van der Waals surface area contributed by atoms with Crippen LogP contribution in [0.25, 0.3) is 4.96 Å². The van der Waals surface area contributed by atoms with E-state index in [1.54, 1.807) is 5.38 Å². The first-order valence-electron chi connectivity index (χ1n) is 5.53. The van der Waals surface area contributed by atoms with Crippen molar-refractivity contribution in [1.29, 1.82) is 0 Å². The number of nitrogens with one attached hydrogen (secondary N) is 1. The highest BCUT2D eigenvalue weighted by atomic mass is 32.1. The van der Waals surface area contributed by atoms with E-state index in [2.05, 4.69) is 15.0 Å². The summed E-state index contributed by atoms with van der Waals surface area (Å²) >= 11 is 1.27. The van der Waals surface area contributed by atoms with E-state index in [1.807, 2.05) is 0 Å². The first-order chi connectivity index (χ1) is 9.54. The van der Waals surface area contributed by atoms with Gasteiger partial charge in [0.2, 0.25) is 0 Å². The van der Waals surface area contributed by atoms with Gasteiger partial charge in [-0.25, -0.2) is 9.78 Å². The molecule has 0 aliphatic heterocycles. The summed E-state index contributed by atoms with van der Waals surface area (Å²) in [6.45, 7) is -0.240. The number of carboxylic acid groups (broad SMARTS) is 1. The highest BCUT2D eigenvalue weighted by Gasteiger charge is 2.19. The molecule has 0 spiro atoms. The van der Waals surface area contributed by atoms with Gasteiger partial charge in [-0.3, -0.25) is 14.0 Å². The summed E-state index contributed by atoms with van der Waals surface area (Å²) in [5.41, 5.74) is -0.654. The van der Waals surface area contributed by atoms with Gasteiger partial charge in [0.25, 0.3) is 11.5 Å². The molecule has 2 N–H and O–H groups in total. The predicted octanol–water partition coefficient (Wildman–Crippen LogP) is -0.415. The zero-order chi connectivity index (χ0) is 14.7. The minimum absolute atomic E-state index is 0.152. The number of carboxylic acids is 1. The lowest BCUT2D eigenvalue weighted by Gasteiger charge is -2.11. The minimum Gasteiger partial charge on any atom is -0.479 e. The summed E-state index contributed by atoms with van der Waals surface area (Å²) < 4.78 is 5.93. The molecule has 2 aromatic heterocycles. The van der Waals surface area contributed by atoms with E-state index in [0.717, 1.165) is 0 Å². The maximum Gasteiger partial charge on any atom is 0.334 e. The second kappa shape index (κ2) is 5.80. The number of aromatic nitrogens is 2. The number of aliphatic carboxylic acids is 1. The van der Waals surface area contributed by atoms with Crippen molar-refractivity contribution in [2.24, 2.45) is 0 Å². The standard InChI is InChI=1S/C11H11N3O5S/c1-19-7(10(17)18)5-12-8(15)6-4-13-11-14(9(6)16)2-3-20-11/h2-4,7H,5H2,1H3,(H,12,15)(H,17,18). The number of carbonyl (C=O) groups excluding carboxylic acids is 1. The maximum absolute atomic E-state index is 12.0. The van der Waals surface area contributed by atoms with Gasteiger partial charge in [-0.15, -0.1) is 11.3 Å². The summed E-state index contributed by atoms with van der Waals surface area (Å²) in [5.74, 6) is -1.89. The molecule has 0 fully saturated rings. The van der Waals surface area contributed by atoms with Crippen molar-refractivity contribution < 1.29 is 19.4 Å². The number of hydrogen-bond acceptors (Lipinski definition) is 6. The van der Waals surface area contributed by atoms with Crippen molar-refractivity contribution in [3.8, 4) is 0 Å². The van der Waals surface area contributed by atoms with Crippen LogP contribution in [0.4, 0.5) is 0 Å². The van der Waals surface area contributed by atoms with Crippen molar-refractivity contribution in [3.63, 3.8) is 0 Å². The predicted molar refractivity (Wildman–Crippen MR) is 70.1 cm³/mol. The Morgan fingerprint density at radius 2 is 2.35 bits per heavy atom. The molecule has 20 heavy (non-hydrogen) atoms. The van der Waals surface area contributed by atoms with Crippen LogP contribution in [0, 0.1) is 0 Å². The molecule has 0 saturated heterocycles. The Bertz CT molecular complexity index is 707. The SMILES string of the molecule is COC(CNC(=O)c1cnc2sccn2c1=O)C(=O)O. The molecule has 0 bridgehead atoms. The lowest BCUT2D eigenvalue weighted by Crippen LogP contribution is -2.39. The first-order valence-corrected chi connectivity index (χ1v) is 6.41. The van der Waals surface area contributed by atoms with Crippen LogP contribution in [0.15, 0.2) is 22.6 Å². The van der Waals surface area contributed by atoms with E-state index in [9.17, 15) is 14.4 Å². The van der Waals surface area contributed by atoms with Crippen LogP contribution in [0.3, 0.4) is 0 Å². The number of carbonyl (C=O) groups is 2. The molecule has 8 nitrogen and oxygen atoms in total. The van der Waals surface area contributed by atoms with Crippen molar-refractivity contribution in [2.75, 3.05) is 13.7 Å². The van der Waals surface area contributed by atoms with Gasteiger partial charge in [0.1, 0.15) is 5.56 Å². The largest absolute Gasteiger partial charge is 0.479 e.